The van der Waals surface area contributed by atoms with Crippen LogP contribution in [0.3, 0.4) is 0 Å². The van der Waals surface area contributed by atoms with Gasteiger partial charge in [0, 0.05) is 11.9 Å². The minimum atomic E-state index is -0.360. The lowest BCUT2D eigenvalue weighted by atomic mass is 10.2. The standard InChI is InChI=1S/C13H11ClN4O/c1-9-7-16-18(8-9)12-3-2-10(6-11(12)14)17-13(19)4-5-15/h2-3,6-8H,4H2,1H3,(H,17,19). The van der Waals surface area contributed by atoms with Crippen LogP contribution < -0.4 is 5.32 Å². The summed E-state index contributed by atoms with van der Waals surface area (Å²) in [6, 6.07) is 6.89. The number of amides is 1. The first kappa shape index (κ1) is 13.1. The van der Waals surface area contributed by atoms with E-state index >= 15 is 0 Å². The van der Waals surface area contributed by atoms with E-state index in [2.05, 4.69) is 10.4 Å². The van der Waals surface area contributed by atoms with Crippen LogP contribution in [0.4, 0.5) is 5.69 Å². The Morgan fingerprint density at radius 3 is 2.95 bits per heavy atom. The zero-order chi connectivity index (χ0) is 13.8. The van der Waals surface area contributed by atoms with Crippen molar-refractivity contribution in [3.05, 3.63) is 41.2 Å². The molecule has 19 heavy (non-hydrogen) atoms. The van der Waals surface area contributed by atoms with E-state index in [1.807, 2.05) is 13.1 Å². The lowest BCUT2D eigenvalue weighted by molar-refractivity contribution is -0.115. The van der Waals surface area contributed by atoms with Crippen LogP contribution in [-0.2, 0) is 4.79 Å². The monoisotopic (exact) mass is 274 g/mol. The predicted octanol–water partition coefficient (Wildman–Crippen LogP) is 2.69. The average Bonchev–Trinajstić information content (AvgIpc) is 2.76. The van der Waals surface area contributed by atoms with Gasteiger partial charge < -0.3 is 5.32 Å². The predicted molar refractivity (Wildman–Crippen MR) is 72.2 cm³/mol. The molecule has 5 nitrogen and oxygen atoms in total. The van der Waals surface area contributed by atoms with Crippen LogP contribution in [0.15, 0.2) is 30.6 Å². The summed E-state index contributed by atoms with van der Waals surface area (Å²) in [6.45, 7) is 1.94. The van der Waals surface area contributed by atoms with Crippen LogP contribution in [-0.4, -0.2) is 15.7 Å². The Bertz CT molecular complexity index is 657. The highest BCUT2D eigenvalue weighted by molar-refractivity contribution is 6.32. The second-order valence-corrected chi connectivity index (χ2v) is 4.42. The Morgan fingerprint density at radius 2 is 2.37 bits per heavy atom. The Hall–Kier alpha value is -2.32. The fourth-order valence-corrected chi connectivity index (χ4v) is 1.86. The Morgan fingerprint density at radius 1 is 1.58 bits per heavy atom. The fourth-order valence-electron chi connectivity index (χ4n) is 1.59. The van der Waals surface area contributed by atoms with Crippen molar-refractivity contribution in [1.82, 2.24) is 9.78 Å². The topological polar surface area (TPSA) is 70.7 Å². The lowest BCUT2D eigenvalue weighted by Gasteiger charge is -2.07. The van der Waals surface area contributed by atoms with Gasteiger partial charge in [-0.05, 0) is 30.7 Å². The number of aromatic nitrogens is 2. The number of nitriles is 1. The first-order chi connectivity index (χ1) is 9.10. The lowest BCUT2D eigenvalue weighted by Crippen LogP contribution is -2.10. The molecular formula is C13H11ClN4O. The first-order valence-electron chi connectivity index (χ1n) is 5.58. The van der Waals surface area contributed by atoms with Crippen LogP contribution >= 0.6 is 11.6 Å². The Balaban J connectivity index is 2.23. The smallest absolute Gasteiger partial charge is 0.238 e. The molecule has 0 aliphatic carbocycles. The SMILES string of the molecule is Cc1cnn(-c2ccc(NC(=O)CC#N)cc2Cl)c1. The number of hydrogen-bond donors (Lipinski definition) is 1. The largest absolute Gasteiger partial charge is 0.325 e. The zero-order valence-electron chi connectivity index (χ0n) is 10.2. The van der Waals surface area contributed by atoms with E-state index in [4.69, 9.17) is 16.9 Å². The molecule has 0 fully saturated rings. The van der Waals surface area contributed by atoms with E-state index in [0.29, 0.717) is 10.7 Å². The molecule has 0 saturated carbocycles. The van der Waals surface area contributed by atoms with Gasteiger partial charge in [0.2, 0.25) is 5.91 Å². The van der Waals surface area contributed by atoms with Crippen molar-refractivity contribution in [3.63, 3.8) is 0 Å². The molecule has 0 saturated heterocycles. The molecule has 6 heteroatoms. The maximum atomic E-state index is 11.3. The zero-order valence-corrected chi connectivity index (χ0v) is 11.0. The van der Waals surface area contributed by atoms with Crippen LogP contribution in [0.25, 0.3) is 5.69 Å². The van der Waals surface area contributed by atoms with E-state index < -0.39 is 0 Å². The first-order valence-corrected chi connectivity index (χ1v) is 5.96. The maximum absolute atomic E-state index is 11.3. The molecule has 0 aliphatic rings. The summed E-state index contributed by atoms with van der Waals surface area (Å²) in [4.78, 5) is 11.3. The molecule has 0 spiro atoms. The van der Waals surface area contributed by atoms with Gasteiger partial charge in [-0.2, -0.15) is 10.4 Å². The number of halogens is 1. The van der Waals surface area contributed by atoms with Crippen molar-refractivity contribution >= 4 is 23.2 Å². The summed E-state index contributed by atoms with van der Waals surface area (Å²) < 4.78 is 1.67. The molecule has 1 amide bonds. The highest BCUT2D eigenvalue weighted by Gasteiger charge is 2.07. The van der Waals surface area contributed by atoms with E-state index in [1.54, 1.807) is 35.1 Å². The van der Waals surface area contributed by atoms with Gasteiger partial charge in [0.1, 0.15) is 6.42 Å². The number of hydrogen-bond acceptors (Lipinski definition) is 3. The molecule has 1 N–H and O–H groups in total. The van der Waals surface area contributed by atoms with E-state index in [-0.39, 0.29) is 12.3 Å². The number of rotatable bonds is 3. The summed E-state index contributed by atoms with van der Waals surface area (Å²) in [7, 11) is 0. The maximum Gasteiger partial charge on any atom is 0.238 e. The summed E-state index contributed by atoms with van der Waals surface area (Å²) in [5.41, 5.74) is 2.31. The highest BCUT2D eigenvalue weighted by atomic mass is 35.5. The molecule has 0 radical (unpaired) electrons. The van der Waals surface area contributed by atoms with Gasteiger partial charge in [-0.1, -0.05) is 11.6 Å². The third-order valence-corrected chi connectivity index (χ3v) is 2.73. The molecule has 0 bridgehead atoms. The van der Waals surface area contributed by atoms with Gasteiger partial charge in [-0.25, -0.2) is 4.68 Å². The van der Waals surface area contributed by atoms with Gasteiger partial charge >= 0.3 is 0 Å². The van der Waals surface area contributed by atoms with Crippen molar-refractivity contribution in [1.29, 1.82) is 5.26 Å². The molecule has 2 rings (SSSR count). The molecule has 0 aliphatic heterocycles. The van der Waals surface area contributed by atoms with Crippen LogP contribution in [0.2, 0.25) is 5.02 Å². The fraction of sp³-hybridized carbons (Fsp3) is 0.154. The van der Waals surface area contributed by atoms with Gasteiger partial charge in [0.15, 0.2) is 0 Å². The summed E-state index contributed by atoms with van der Waals surface area (Å²) in [5.74, 6) is -0.360. The average molecular weight is 275 g/mol. The van der Waals surface area contributed by atoms with Gasteiger partial charge in [-0.3, -0.25) is 4.79 Å². The minimum Gasteiger partial charge on any atom is -0.325 e. The van der Waals surface area contributed by atoms with Crippen LogP contribution in [0, 0.1) is 18.3 Å². The normalized spacial score (nSPS) is 9.95. The number of benzene rings is 1. The number of carbonyl (C=O) groups excluding carboxylic acids is 1. The minimum absolute atomic E-state index is 0.183. The molecule has 1 aromatic carbocycles. The van der Waals surface area contributed by atoms with Crippen LogP contribution in [0.1, 0.15) is 12.0 Å². The molecule has 0 unspecified atom stereocenters. The number of carbonyl (C=O) groups is 1. The summed E-state index contributed by atoms with van der Waals surface area (Å²) >= 11 is 6.16. The number of anilines is 1. The van der Waals surface area contributed by atoms with Crippen molar-refractivity contribution in [3.8, 4) is 11.8 Å². The molecule has 2 aromatic rings. The van der Waals surface area contributed by atoms with Crippen molar-refractivity contribution < 1.29 is 4.79 Å². The quantitative estimate of drug-likeness (QED) is 0.935. The van der Waals surface area contributed by atoms with Gasteiger partial charge in [0.05, 0.1) is 23.0 Å². The number of nitrogens with one attached hydrogen (secondary N) is 1. The number of nitrogens with zero attached hydrogens (tertiary/aromatic N) is 3. The second-order valence-electron chi connectivity index (χ2n) is 4.01. The second kappa shape index (κ2) is 5.55. The van der Waals surface area contributed by atoms with Crippen molar-refractivity contribution in [2.24, 2.45) is 0 Å². The highest BCUT2D eigenvalue weighted by Crippen LogP contribution is 2.24. The molecule has 96 valence electrons. The third kappa shape index (κ3) is 3.12. The molecule has 1 heterocycles. The number of aryl methyl sites for hydroxylation is 1. The van der Waals surface area contributed by atoms with Crippen LogP contribution in [0.5, 0.6) is 0 Å². The summed E-state index contributed by atoms with van der Waals surface area (Å²) in [6.07, 6.45) is 3.41. The molecule has 1 aromatic heterocycles. The van der Waals surface area contributed by atoms with Crippen molar-refractivity contribution in [2.45, 2.75) is 13.3 Å². The van der Waals surface area contributed by atoms with E-state index in [1.165, 1.54) is 0 Å². The van der Waals surface area contributed by atoms with E-state index in [9.17, 15) is 4.79 Å². The molecular weight excluding hydrogens is 264 g/mol. The Labute approximate surface area is 115 Å². The summed E-state index contributed by atoms with van der Waals surface area (Å²) in [5, 5.41) is 15.6. The Kier molecular flexibility index (Phi) is 3.83. The van der Waals surface area contributed by atoms with Gasteiger partial charge in [0.25, 0.3) is 0 Å². The van der Waals surface area contributed by atoms with Gasteiger partial charge in [-0.15, -0.1) is 0 Å². The third-order valence-electron chi connectivity index (χ3n) is 2.43. The van der Waals surface area contributed by atoms with E-state index in [0.717, 1.165) is 11.3 Å². The molecule has 0 atom stereocenters. The van der Waals surface area contributed by atoms with Crippen molar-refractivity contribution in [2.75, 3.05) is 5.32 Å².